The van der Waals surface area contributed by atoms with Gasteiger partial charge < -0.3 is 5.32 Å². The maximum absolute atomic E-state index is 6.08. The molecule has 0 bridgehead atoms. The molecule has 3 heteroatoms. The number of benzene rings is 2. The minimum absolute atomic E-state index is 0.834. The lowest BCUT2D eigenvalue weighted by atomic mass is 10.2. The van der Waals surface area contributed by atoms with E-state index in [1.54, 1.807) is 0 Å². The highest BCUT2D eigenvalue weighted by Crippen LogP contribution is 2.09. The lowest BCUT2D eigenvalue weighted by molar-refractivity contribution is 0.779. The molecule has 0 amide bonds. The van der Waals surface area contributed by atoms with Crippen molar-refractivity contribution in [3.8, 4) is 0 Å². The highest BCUT2D eigenvalue weighted by Gasteiger charge is 2.22. The van der Waals surface area contributed by atoms with Gasteiger partial charge in [-0.15, -0.1) is 0 Å². The Kier molecular flexibility index (Phi) is 4.80. The first-order valence-electron chi connectivity index (χ1n) is 6.59. The first-order chi connectivity index (χ1) is 9.08. The van der Waals surface area contributed by atoms with E-state index in [1.165, 1.54) is 10.8 Å². The molecule has 2 aromatic rings. The van der Waals surface area contributed by atoms with Crippen LogP contribution in [-0.2, 0) is 6.54 Å². The normalized spacial score (nSPS) is 11.5. The lowest BCUT2D eigenvalue weighted by Crippen LogP contribution is -2.50. The van der Waals surface area contributed by atoms with Crippen LogP contribution in [0.3, 0.4) is 0 Å². The summed E-state index contributed by atoms with van der Waals surface area (Å²) in [5.74, 6) is 0. The molecule has 19 heavy (non-hydrogen) atoms. The smallest absolute Gasteiger partial charge is 0.0946 e. The molecule has 1 nitrogen and oxygen atoms in total. The summed E-state index contributed by atoms with van der Waals surface area (Å²) in [5, 5.41) is 5.82. The van der Waals surface area contributed by atoms with E-state index in [4.69, 9.17) is 11.6 Å². The summed E-state index contributed by atoms with van der Waals surface area (Å²) in [6.45, 7) is 5.67. The maximum Gasteiger partial charge on any atom is 0.0946 e. The highest BCUT2D eigenvalue weighted by atomic mass is 35.5. The second-order valence-corrected chi connectivity index (χ2v) is 10.6. The van der Waals surface area contributed by atoms with E-state index in [0.29, 0.717) is 0 Å². The van der Waals surface area contributed by atoms with Gasteiger partial charge in [0.05, 0.1) is 8.07 Å². The van der Waals surface area contributed by atoms with E-state index < -0.39 is 8.07 Å². The van der Waals surface area contributed by atoms with Crippen LogP contribution in [0.25, 0.3) is 0 Å². The average Bonchev–Trinajstić information content (AvgIpc) is 2.40. The molecule has 0 radical (unpaired) electrons. The summed E-state index contributed by atoms with van der Waals surface area (Å²) in [4.78, 5) is 0. The molecular weight excluding hydrogens is 270 g/mol. The maximum atomic E-state index is 6.08. The first kappa shape index (κ1) is 14.3. The number of hydrogen-bond donors (Lipinski definition) is 1. The van der Waals surface area contributed by atoms with Crippen LogP contribution in [0.2, 0.25) is 18.1 Å². The predicted molar refractivity (Wildman–Crippen MR) is 86.7 cm³/mol. The van der Waals surface area contributed by atoms with Crippen LogP contribution in [0.4, 0.5) is 0 Å². The molecule has 0 aliphatic carbocycles. The van der Waals surface area contributed by atoms with Gasteiger partial charge in [0.1, 0.15) is 0 Å². The molecule has 0 saturated carbocycles. The Hall–Kier alpha value is -1.09. The first-order valence-corrected chi connectivity index (χ1v) is 10.2. The van der Waals surface area contributed by atoms with Gasteiger partial charge in [-0.1, -0.05) is 72.3 Å². The second-order valence-electron chi connectivity index (χ2n) is 5.48. The monoisotopic (exact) mass is 289 g/mol. The molecule has 0 aliphatic rings. The van der Waals surface area contributed by atoms with Gasteiger partial charge in [0, 0.05) is 11.6 Å². The molecule has 1 N–H and O–H groups in total. The highest BCUT2D eigenvalue weighted by molar-refractivity contribution is 6.90. The summed E-state index contributed by atoms with van der Waals surface area (Å²) in [6, 6.07) is 18.8. The SMILES string of the molecule is C[Si](C)(CNCc1ccccc1)c1cccc(Cl)c1. The van der Waals surface area contributed by atoms with Crippen LogP contribution >= 0.6 is 11.6 Å². The van der Waals surface area contributed by atoms with Crippen LogP contribution in [0.5, 0.6) is 0 Å². The third-order valence-electron chi connectivity index (χ3n) is 3.34. The number of nitrogens with one attached hydrogen (secondary N) is 1. The van der Waals surface area contributed by atoms with Crippen molar-refractivity contribution in [1.82, 2.24) is 5.32 Å². The fraction of sp³-hybridized carbons (Fsp3) is 0.250. The number of halogens is 1. The molecule has 0 aromatic heterocycles. The van der Waals surface area contributed by atoms with Crippen molar-refractivity contribution in [1.29, 1.82) is 0 Å². The molecule has 2 aromatic carbocycles. The van der Waals surface area contributed by atoms with Crippen molar-refractivity contribution in [2.75, 3.05) is 6.17 Å². The molecular formula is C16H20ClNSi. The molecule has 2 rings (SSSR count). The Balaban J connectivity index is 1.94. The summed E-state index contributed by atoms with van der Waals surface area (Å²) in [6.07, 6.45) is 1.06. The summed E-state index contributed by atoms with van der Waals surface area (Å²) >= 11 is 6.08. The Morgan fingerprint density at radius 1 is 1.00 bits per heavy atom. The van der Waals surface area contributed by atoms with Crippen molar-refractivity contribution in [2.45, 2.75) is 19.6 Å². The Labute approximate surface area is 121 Å². The van der Waals surface area contributed by atoms with E-state index in [9.17, 15) is 0 Å². The molecule has 0 aliphatic heterocycles. The quantitative estimate of drug-likeness (QED) is 0.830. The third kappa shape index (κ3) is 4.20. The lowest BCUT2D eigenvalue weighted by Gasteiger charge is -2.23. The zero-order valence-electron chi connectivity index (χ0n) is 11.5. The molecule has 0 saturated heterocycles. The fourth-order valence-corrected chi connectivity index (χ4v) is 4.46. The second kappa shape index (κ2) is 6.37. The molecule has 100 valence electrons. The number of rotatable bonds is 5. The van der Waals surface area contributed by atoms with Gasteiger partial charge in [-0.25, -0.2) is 0 Å². The van der Waals surface area contributed by atoms with E-state index >= 15 is 0 Å². The average molecular weight is 290 g/mol. The van der Waals surface area contributed by atoms with Crippen LogP contribution in [0, 0.1) is 0 Å². The van der Waals surface area contributed by atoms with Gasteiger partial charge in [0.2, 0.25) is 0 Å². The van der Waals surface area contributed by atoms with Crippen LogP contribution < -0.4 is 10.5 Å². The predicted octanol–water partition coefficient (Wildman–Crippen LogP) is 3.58. The van der Waals surface area contributed by atoms with Gasteiger partial charge in [0.25, 0.3) is 0 Å². The summed E-state index contributed by atoms with van der Waals surface area (Å²) < 4.78 is 0. The van der Waals surface area contributed by atoms with Crippen molar-refractivity contribution in [3.05, 3.63) is 65.2 Å². The van der Waals surface area contributed by atoms with Crippen molar-refractivity contribution < 1.29 is 0 Å². The van der Waals surface area contributed by atoms with E-state index in [2.05, 4.69) is 54.8 Å². The van der Waals surface area contributed by atoms with E-state index in [0.717, 1.165) is 17.7 Å². The van der Waals surface area contributed by atoms with Gasteiger partial charge >= 0.3 is 0 Å². The van der Waals surface area contributed by atoms with Crippen molar-refractivity contribution in [2.24, 2.45) is 0 Å². The summed E-state index contributed by atoms with van der Waals surface area (Å²) in [5.41, 5.74) is 1.33. The Bertz CT molecular complexity index is 525. The van der Waals surface area contributed by atoms with E-state index in [-0.39, 0.29) is 0 Å². The molecule has 0 spiro atoms. The zero-order chi connectivity index (χ0) is 13.7. The van der Waals surface area contributed by atoms with Gasteiger partial charge in [-0.3, -0.25) is 0 Å². The number of hydrogen-bond acceptors (Lipinski definition) is 1. The molecule has 0 heterocycles. The molecule has 0 fully saturated rings. The largest absolute Gasteiger partial charge is 0.315 e. The Morgan fingerprint density at radius 3 is 2.42 bits per heavy atom. The topological polar surface area (TPSA) is 12.0 Å². The third-order valence-corrected chi connectivity index (χ3v) is 6.59. The van der Waals surface area contributed by atoms with Crippen molar-refractivity contribution >= 4 is 24.9 Å². The van der Waals surface area contributed by atoms with Gasteiger partial charge in [-0.05, 0) is 23.9 Å². The van der Waals surface area contributed by atoms with Crippen molar-refractivity contribution in [3.63, 3.8) is 0 Å². The minimum atomic E-state index is -1.46. The van der Waals surface area contributed by atoms with E-state index in [1.807, 2.05) is 18.2 Å². The fourth-order valence-electron chi connectivity index (χ4n) is 2.13. The van der Waals surface area contributed by atoms with Gasteiger partial charge in [-0.2, -0.15) is 0 Å². The van der Waals surface area contributed by atoms with Gasteiger partial charge in [0.15, 0.2) is 0 Å². The van der Waals surface area contributed by atoms with Crippen LogP contribution in [0.15, 0.2) is 54.6 Å². The standard InChI is InChI=1S/C16H20ClNSi/c1-19(2,16-10-6-9-15(17)11-16)13-18-12-14-7-4-3-5-8-14/h3-11,18H,12-13H2,1-2H3. The minimum Gasteiger partial charge on any atom is -0.315 e. The Morgan fingerprint density at radius 2 is 1.74 bits per heavy atom. The molecule has 0 unspecified atom stereocenters. The zero-order valence-corrected chi connectivity index (χ0v) is 13.2. The molecule has 0 atom stereocenters. The van der Waals surface area contributed by atoms with Crippen LogP contribution in [-0.4, -0.2) is 14.2 Å². The van der Waals surface area contributed by atoms with Crippen LogP contribution in [0.1, 0.15) is 5.56 Å². The summed E-state index contributed by atoms with van der Waals surface area (Å²) in [7, 11) is -1.46.